The van der Waals surface area contributed by atoms with Crippen LogP contribution in [0.5, 0.6) is 0 Å². The second kappa shape index (κ2) is 9.37. The minimum absolute atomic E-state index is 0.279. The Morgan fingerprint density at radius 1 is 1.18 bits per heavy atom. The normalized spacial score (nSPS) is 16.3. The number of aliphatic carboxylic acids is 2. The van der Waals surface area contributed by atoms with E-state index >= 15 is 0 Å². The van der Waals surface area contributed by atoms with Gasteiger partial charge in [0.05, 0.1) is 13.2 Å². The molecule has 1 fully saturated rings. The van der Waals surface area contributed by atoms with Crippen molar-refractivity contribution in [3.05, 3.63) is 34.9 Å². The average molecular weight is 331 g/mol. The maximum absolute atomic E-state index is 9.10. The molecule has 0 spiro atoms. The molecular formula is C14H19ClN2O5. The third kappa shape index (κ3) is 5.98. The number of ether oxygens (including phenoxy) is 1. The van der Waals surface area contributed by atoms with Crippen molar-refractivity contribution >= 4 is 23.5 Å². The lowest BCUT2D eigenvalue weighted by atomic mass is 10.1. The summed E-state index contributed by atoms with van der Waals surface area (Å²) in [7, 11) is 0. The minimum Gasteiger partial charge on any atom is -0.473 e. The van der Waals surface area contributed by atoms with Crippen LogP contribution in [0.1, 0.15) is 11.6 Å². The number of carbonyl (C=O) groups is 2. The van der Waals surface area contributed by atoms with Gasteiger partial charge in [-0.3, -0.25) is 4.90 Å². The molecule has 0 aliphatic carbocycles. The zero-order chi connectivity index (χ0) is 16.5. The molecule has 1 aromatic carbocycles. The molecule has 1 unspecified atom stereocenters. The zero-order valence-corrected chi connectivity index (χ0v) is 12.7. The Bertz CT molecular complexity index is 477. The van der Waals surface area contributed by atoms with Gasteiger partial charge >= 0.3 is 11.9 Å². The van der Waals surface area contributed by atoms with Crippen LogP contribution in [0.4, 0.5) is 0 Å². The van der Waals surface area contributed by atoms with Crippen LogP contribution >= 0.6 is 11.6 Å². The lowest BCUT2D eigenvalue weighted by molar-refractivity contribution is -0.159. The van der Waals surface area contributed by atoms with Crippen molar-refractivity contribution in [2.24, 2.45) is 5.73 Å². The van der Waals surface area contributed by atoms with Gasteiger partial charge in [-0.05, 0) is 17.7 Å². The van der Waals surface area contributed by atoms with E-state index in [0.717, 1.165) is 31.3 Å². The third-order valence-corrected chi connectivity index (χ3v) is 3.40. The number of carboxylic acids is 2. The van der Waals surface area contributed by atoms with E-state index in [1.165, 1.54) is 5.56 Å². The monoisotopic (exact) mass is 330 g/mol. The standard InChI is InChI=1S/C12H17ClN2O.C2H2O4/c13-11-3-1-10(2-4-11)12(9-14)15-5-7-16-8-6-15;3-1(4)2(5)6/h1-4,12H,5-9,14H2;(H,3,4)(H,5,6). The first-order valence-electron chi connectivity index (χ1n) is 6.69. The number of benzene rings is 1. The van der Waals surface area contributed by atoms with Crippen LogP contribution in [0, 0.1) is 0 Å². The number of carboxylic acid groups (broad SMARTS) is 2. The minimum atomic E-state index is -1.82. The highest BCUT2D eigenvalue weighted by Gasteiger charge is 2.20. The van der Waals surface area contributed by atoms with Crippen molar-refractivity contribution in [2.45, 2.75) is 6.04 Å². The lowest BCUT2D eigenvalue weighted by Crippen LogP contribution is -2.41. The summed E-state index contributed by atoms with van der Waals surface area (Å²) in [6.45, 7) is 4.12. The fraction of sp³-hybridized carbons (Fsp3) is 0.429. The van der Waals surface area contributed by atoms with Gasteiger partial charge in [0.15, 0.2) is 0 Å². The molecule has 0 aromatic heterocycles. The first-order valence-corrected chi connectivity index (χ1v) is 7.07. The van der Waals surface area contributed by atoms with Gasteiger partial charge in [-0.15, -0.1) is 0 Å². The number of nitrogens with zero attached hydrogens (tertiary/aromatic N) is 1. The summed E-state index contributed by atoms with van der Waals surface area (Å²) in [5.74, 6) is -3.65. The van der Waals surface area contributed by atoms with Crippen LogP contribution in [-0.2, 0) is 14.3 Å². The molecular weight excluding hydrogens is 312 g/mol. The molecule has 2 rings (SSSR count). The fourth-order valence-electron chi connectivity index (χ4n) is 2.07. The second-order valence-electron chi connectivity index (χ2n) is 4.56. The van der Waals surface area contributed by atoms with Crippen molar-refractivity contribution in [1.29, 1.82) is 0 Å². The number of nitrogens with two attached hydrogens (primary N) is 1. The third-order valence-electron chi connectivity index (χ3n) is 3.15. The molecule has 122 valence electrons. The van der Waals surface area contributed by atoms with Crippen LogP contribution in [0.25, 0.3) is 0 Å². The highest BCUT2D eigenvalue weighted by Crippen LogP contribution is 2.22. The molecule has 1 aliphatic heterocycles. The Labute approximate surface area is 133 Å². The maximum atomic E-state index is 9.10. The Morgan fingerprint density at radius 2 is 1.68 bits per heavy atom. The SMILES string of the molecule is NCC(c1ccc(Cl)cc1)N1CCOCC1.O=C(O)C(=O)O. The topological polar surface area (TPSA) is 113 Å². The molecule has 0 saturated carbocycles. The van der Waals surface area contributed by atoms with Gasteiger partial charge in [0.25, 0.3) is 0 Å². The predicted octanol–water partition coefficient (Wildman–Crippen LogP) is 0.828. The highest BCUT2D eigenvalue weighted by molar-refractivity contribution is 6.30. The summed E-state index contributed by atoms with van der Waals surface area (Å²) < 4.78 is 5.35. The van der Waals surface area contributed by atoms with E-state index in [2.05, 4.69) is 17.0 Å². The van der Waals surface area contributed by atoms with Crippen LogP contribution in [0.15, 0.2) is 24.3 Å². The molecule has 4 N–H and O–H groups in total. The molecule has 0 amide bonds. The fourth-order valence-corrected chi connectivity index (χ4v) is 2.20. The summed E-state index contributed by atoms with van der Waals surface area (Å²) in [5, 5.41) is 15.5. The van der Waals surface area contributed by atoms with Crippen molar-refractivity contribution in [2.75, 3.05) is 32.8 Å². The summed E-state index contributed by atoms with van der Waals surface area (Å²) in [5.41, 5.74) is 7.09. The predicted molar refractivity (Wildman–Crippen MR) is 80.9 cm³/mol. The molecule has 8 heteroatoms. The number of morpholine rings is 1. The highest BCUT2D eigenvalue weighted by atomic mass is 35.5. The Kier molecular flexibility index (Phi) is 7.83. The van der Waals surface area contributed by atoms with E-state index in [1.54, 1.807) is 0 Å². The van der Waals surface area contributed by atoms with Crippen LogP contribution in [0.3, 0.4) is 0 Å². The van der Waals surface area contributed by atoms with E-state index in [1.807, 2.05) is 12.1 Å². The number of hydrogen-bond donors (Lipinski definition) is 3. The number of rotatable bonds is 3. The van der Waals surface area contributed by atoms with E-state index in [-0.39, 0.29) is 6.04 Å². The quantitative estimate of drug-likeness (QED) is 0.703. The first kappa shape index (κ1) is 18.4. The van der Waals surface area contributed by atoms with Crippen LogP contribution in [0.2, 0.25) is 5.02 Å². The van der Waals surface area contributed by atoms with Gasteiger partial charge in [-0.2, -0.15) is 0 Å². The molecule has 1 atom stereocenters. The van der Waals surface area contributed by atoms with Gasteiger partial charge in [0.2, 0.25) is 0 Å². The van der Waals surface area contributed by atoms with Gasteiger partial charge < -0.3 is 20.7 Å². The summed E-state index contributed by atoms with van der Waals surface area (Å²) in [6, 6.07) is 8.21. The number of hydrogen-bond acceptors (Lipinski definition) is 5. The van der Waals surface area contributed by atoms with Crippen LogP contribution < -0.4 is 5.73 Å². The summed E-state index contributed by atoms with van der Waals surface area (Å²) in [6.07, 6.45) is 0. The van der Waals surface area contributed by atoms with Crippen molar-refractivity contribution in [3.63, 3.8) is 0 Å². The average Bonchev–Trinajstić information content (AvgIpc) is 2.51. The second-order valence-corrected chi connectivity index (χ2v) is 5.00. The molecule has 22 heavy (non-hydrogen) atoms. The van der Waals surface area contributed by atoms with Gasteiger partial charge in [-0.1, -0.05) is 23.7 Å². The largest absolute Gasteiger partial charge is 0.473 e. The van der Waals surface area contributed by atoms with Crippen molar-refractivity contribution in [3.8, 4) is 0 Å². The molecule has 1 aliphatic rings. The summed E-state index contributed by atoms with van der Waals surface area (Å²) >= 11 is 5.88. The van der Waals surface area contributed by atoms with E-state index in [0.29, 0.717) is 6.54 Å². The van der Waals surface area contributed by atoms with E-state index in [4.69, 9.17) is 41.9 Å². The Hall–Kier alpha value is -1.67. The molecule has 1 aromatic rings. The van der Waals surface area contributed by atoms with Gasteiger partial charge in [0.1, 0.15) is 0 Å². The Morgan fingerprint density at radius 3 is 2.09 bits per heavy atom. The van der Waals surface area contributed by atoms with E-state index in [9.17, 15) is 0 Å². The molecule has 7 nitrogen and oxygen atoms in total. The smallest absolute Gasteiger partial charge is 0.414 e. The van der Waals surface area contributed by atoms with Crippen molar-refractivity contribution in [1.82, 2.24) is 4.90 Å². The Balaban J connectivity index is 0.000000346. The molecule has 1 heterocycles. The maximum Gasteiger partial charge on any atom is 0.414 e. The van der Waals surface area contributed by atoms with Gasteiger partial charge in [-0.25, -0.2) is 9.59 Å². The van der Waals surface area contributed by atoms with Crippen LogP contribution in [-0.4, -0.2) is 59.9 Å². The first-order chi connectivity index (χ1) is 10.5. The molecule has 0 radical (unpaired) electrons. The molecule has 0 bridgehead atoms. The zero-order valence-electron chi connectivity index (χ0n) is 11.9. The molecule has 1 saturated heterocycles. The summed E-state index contributed by atoms with van der Waals surface area (Å²) in [4.78, 5) is 20.6. The van der Waals surface area contributed by atoms with Crippen molar-refractivity contribution < 1.29 is 24.5 Å². The van der Waals surface area contributed by atoms with E-state index < -0.39 is 11.9 Å². The number of halogens is 1. The van der Waals surface area contributed by atoms with Gasteiger partial charge in [0, 0.05) is 30.7 Å². The lowest BCUT2D eigenvalue weighted by Gasteiger charge is -2.34.